The summed E-state index contributed by atoms with van der Waals surface area (Å²) in [5.74, 6) is 0.663. The van der Waals surface area contributed by atoms with Crippen LogP contribution in [-0.2, 0) is 6.54 Å². The van der Waals surface area contributed by atoms with Crippen LogP contribution < -0.4 is 10.1 Å². The maximum absolute atomic E-state index is 5.45. The summed E-state index contributed by atoms with van der Waals surface area (Å²) in [4.78, 5) is 8.12. The lowest BCUT2D eigenvalue weighted by molar-refractivity contribution is 0.302. The van der Waals surface area contributed by atoms with Gasteiger partial charge in [-0.1, -0.05) is 12.1 Å². The van der Waals surface area contributed by atoms with Gasteiger partial charge in [-0.25, -0.2) is 4.98 Å². The van der Waals surface area contributed by atoms with E-state index in [9.17, 15) is 0 Å². The standard InChI is InChI=1S/C13H15N3O/c1-2-7-16-13(5-1)17-9-8-15-11-12-4-3-6-14-10-12/h1-7,10,15H,8-9,11H2. The van der Waals surface area contributed by atoms with Crippen molar-refractivity contribution in [2.75, 3.05) is 13.2 Å². The summed E-state index contributed by atoms with van der Waals surface area (Å²) < 4.78 is 5.45. The third kappa shape index (κ3) is 4.20. The second-order valence-electron chi connectivity index (χ2n) is 3.55. The minimum absolute atomic E-state index is 0.608. The molecule has 0 amide bonds. The van der Waals surface area contributed by atoms with Gasteiger partial charge in [-0.15, -0.1) is 0 Å². The highest BCUT2D eigenvalue weighted by Crippen LogP contribution is 2.02. The van der Waals surface area contributed by atoms with E-state index in [1.54, 1.807) is 12.4 Å². The summed E-state index contributed by atoms with van der Waals surface area (Å²) in [7, 11) is 0. The maximum Gasteiger partial charge on any atom is 0.213 e. The molecule has 0 fully saturated rings. The Balaban J connectivity index is 1.61. The van der Waals surface area contributed by atoms with Crippen LogP contribution in [0, 0.1) is 0 Å². The molecule has 0 aliphatic carbocycles. The molecular weight excluding hydrogens is 214 g/mol. The van der Waals surface area contributed by atoms with Crippen LogP contribution in [0.25, 0.3) is 0 Å². The van der Waals surface area contributed by atoms with E-state index >= 15 is 0 Å². The fraction of sp³-hybridized carbons (Fsp3) is 0.231. The molecular formula is C13H15N3O. The zero-order valence-corrected chi connectivity index (χ0v) is 9.54. The number of pyridine rings is 2. The van der Waals surface area contributed by atoms with Crippen molar-refractivity contribution in [1.29, 1.82) is 0 Å². The zero-order chi connectivity index (χ0) is 11.8. The predicted octanol–water partition coefficient (Wildman–Crippen LogP) is 1.65. The monoisotopic (exact) mass is 229 g/mol. The Bertz CT molecular complexity index is 378. The Morgan fingerprint density at radius 1 is 1.12 bits per heavy atom. The van der Waals surface area contributed by atoms with Gasteiger partial charge < -0.3 is 10.1 Å². The average molecular weight is 229 g/mol. The molecule has 0 saturated heterocycles. The van der Waals surface area contributed by atoms with Crippen molar-refractivity contribution in [3.05, 3.63) is 54.5 Å². The SMILES string of the molecule is c1ccc(OCCNCc2cccnc2)nc1. The summed E-state index contributed by atoms with van der Waals surface area (Å²) in [5, 5.41) is 3.28. The number of nitrogens with zero attached hydrogens (tertiary/aromatic N) is 2. The van der Waals surface area contributed by atoms with Gasteiger partial charge in [0.05, 0.1) is 0 Å². The molecule has 2 rings (SSSR count). The molecule has 0 aliphatic heterocycles. The van der Waals surface area contributed by atoms with Gasteiger partial charge in [0.2, 0.25) is 5.88 Å². The molecule has 0 atom stereocenters. The normalized spacial score (nSPS) is 10.1. The number of ether oxygens (including phenoxy) is 1. The van der Waals surface area contributed by atoms with E-state index in [1.807, 2.05) is 36.5 Å². The van der Waals surface area contributed by atoms with Gasteiger partial charge in [0.15, 0.2) is 0 Å². The topological polar surface area (TPSA) is 47.0 Å². The molecule has 0 spiro atoms. The lowest BCUT2D eigenvalue weighted by Crippen LogP contribution is -2.20. The first kappa shape index (κ1) is 11.5. The van der Waals surface area contributed by atoms with Crippen molar-refractivity contribution in [2.45, 2.75) is 6.54 Å². The van der Waals surface area contributed by atoms with Gasteiger partial charge in [-0.3, -0.25) is 4.98 Å². The molecule has 0 radical (unpaired) electrons. The Labute approximate surface area is 101 Å². The van der Waals surface area contributed by atoms with E-state index in [0.29, 0.717) is 12.5 Å². The van der Waals surface area contributed by atoms with Crippen LogP contribution in [0.1, 0.15) is 5.56 Å². The van der Waals surface area contributed by atoms with E-state index in [4.69, 9.17) is 4.74 Å². The number of rotatable bonds is 6. The first-order valence-electron chi connectivity index (χ1n) is 5.58. The Morgan fingerprint density at radius 3 is 2.88 bits per heavy atom. The first-order chi connectivity index (χ1) is 8.45. The molecule has 2 heterocycles. The molecule has 2 aromatic rings. The highest BCUT2D eigenvalue weighted by Gasteiger charge is 1.94. The average Bonchev–Trinajstić information content (AvgIpc) is 2.41. The Morgan fingerprint density at radius 2 is 2.12 bits per heavy atom. The van der Waals surface area contributed by atoms with Crippen molar-refractivity contribution < 1.29 is 4.74 Å². The van der Waals surface area contributed by atoms with Gasteiger partial charge in [-0.2, -0.15) is 0 Å². The fourth-order valence-electron chi connectivity index (χ4n) is 1.40. The van der Waals surface area contributed by atoms with Gasteiger partial charge >= 0.3 is 0 Å². The van der Waals surface area contributed by atoms with Gasteiger partial charge in [0.1, 0.15) is 6.61 Å². The predicted molar refractivity (Wildman–Crippen MR) is 65.7 cm³/mol. The summed E-state index contributed by atoms with van der Waals surface area (Å²) in [6.07, 6.45) is 5.35. The molecule has 0 aromatic carbocycles. The molecule has 1 N–H and O–H groups in total. The molecule has 0 aliphatic rings. The second kappa shape index (κ2) is 6.60. The summed E-state index contributed by atoms with van der Waals surface area (Å²) in [6, 6.07) is 9.60. The van der Waals surface area contributed by atoms with E-state index in [2.05, 4.69) is 15.3 Å². The molecule has 88 valence electrons. The summed E-state index contributed by atoms with van der Waals surface area (Å²) in [6.45, 7) is 2.20. The molecule has 4 nitrogen and oxygen atoms in total. The Kier molecular flexibility index (Phi) is 4.48. The third-order valence-corrected chi connectivity index (χ3v) is 2.22. The molecule has 0 unspecified atom stereocenters. The molecule has 2 aromatic heterocycles. The minimum atomic E-state index is 0.608. The van der Waals surface area contributed by atoms with Crippen molar-refractivity contribution in [3.8, 4) is 5.88 Å². The second-order valence-corrected chi connectivity index (χ2v) is 3.55. The van der Waals surface area contributed by atoms with Crippen molar-refractivity contribution >= 4 is 0 Å². The van der Waals surface area contributed by atoms with E-state index in [-0.39, 0.29) is 0 Å². The van der Waals surface area contributed by atoms with Crippen LogP contribution >= 0.6 is 0 Å². The van der Waals surface area contributed by atoms with Crippen LogP contribution in [0.15, 0.2) is 48.9 Å². The maximum atomic E-state index is 5.45. The summed E-state index contributed by atoms with van der Waals surface area (Å²) in [5.41, 5.74) is 1.17. The van der Waals surface area contributed by atoms with Crippen LogP contribution in [0.2, 0.25) is 0 Å². The van der Waals surface area contributed by atoms with Crippen molar-refractivity contribution in [3.63, 3.8) is 0 Å². The Hall–Kier alpha value is -1.94. The van der Waals surface area contributed by atoms with Crippen LogP contribution in [-0.4, -0.2) is 23.1 Å². The number of hydrogen-bond acceptors (Lipinski definition) is 4. The van der Waals surface area contributed by atoms with E-state index < -0.39 is 0 Å². The molecule has 4 heteroatoms. The lowest BCUT2D eigenvalue weighted by Gasteiger charge is -2.06. The number of nitrogens with one attached hydrogen (secondary N) is 1. The number of aromatic nitrogens is 2. The summed E-state index contributed by atoms with van der Waals surface area (Å²) >= 11 is 0. The molecule has 0 saturated carbocycles. The zero-order valence-electron chi connectivity index (χ0n) is 9.54. The number of hydrogen-bond donors (Lipinski definition) is 1. The first-order valence-corrected chi connectivity index (χ1v) is 5.58. The highest BCUT2D eigenvalue weighted by molar-refractivity contribution is 5.09. The quantitative estimate of drug-likeness (QED) is 0.765. The van der Waals surface area contributed by atoms with Gasteiger partial charge in [0, 0.05) is 37.7 Å². The van der Waals surface area contributed by atoms with E-state index in [0.717, 1.165) is 13.1 Å². The largest absolute Gasteiger partial charge is 0.476 e. The van der Waals surface area contributed by atoms with Gasteiger partial charge in [-0.05, 0) is 17.7 Å². The van der Waals surface area contributed by atoms with Crippen molar-refractivity contribution in [2.24, 2.45) is 0 Å². The van der Waals surface area contributed by atoms with Crippen LogP contribution in [0.4, 0.5) is 0 Å². The molecule has 17 heavy (non-hydrogen) atoms. The van der Waals surface area contributed by atoms with Crippen LogP contribution in [0.3, 0.4) is 0 Å². The fourth-order valence-corrected chi connectivity index (χ4v) is 1.40. The molecule has 0 bridgehead atoms. The smallest absolute Gasteiger partial charge is 0.213 e. The highest BCUT2D eigenvalue weighted by atomic mass is 16.5. The van der Waals surface area contributed by atoms with Crippen LogP contribution in [0.5, 0.6) is 5.88 Å². The third-order valence-electron chi connectivity index (χ3n) is 2.22. The van der Waals surface area contributed by atoms with Gasteiger partial charge in [0.25, 0.3) is 0 Å². The van der Waals surface area contributed by atoms with E-state index in [1.165, 1.54) is 5.56 Å². The van der Waals surface area contributed by atoms with Crippen molar-refractivity contribution in [1.82, 2.24) is 15.3 Å². The minimum Gasteiger partial charge on any atom is -0.476 e. The lowest BCUT2D eigenvalue weighted by atomic mass is 10.3.